The number of hydrogen-bond donors (Lipinski definition) is 1. The molecule has 2 unspecified atom stereocenters. The average molecular weight is 279 g/mol. The average Bonchev–Trinajstić information content (AvgIpc) is 2.76. The third-order valence-corrected chi connectivity index (χ3v) is 3.99. The van der Waals surface area contributed by atoms with Crippen LogP contribution >= 0.6 is 11.3 Å². The molecule has 102 valence electrons. The van der Waals surface area contributed by atoms with Crippen LogP contribution in [-0.2, 0) is 0 Å². The Labute approximate surface area is 117 Å². The van der Waals surface area contributed by atoms with Crippen LogP contribution in [0.1, 0.15) is 28.3 Å². The summed E-state index contributed by atoms with van der Waals surface area (Å²) in [6.45, 7) is 5.66. The lowest BCUT2D eigenvalue weighted by atomic mass is 10.1. The zero-order chi connectivity index (χ0) is 14.0. The van der Waals surface area contributed by atoms with Gasteiger partial charge in [0, 0.05) is 21.9 Å². The first-order valence-electron chi connectivity index (χ1n) is 6.22. The van der Waals surface area contributed by atoms with Gasteiger partial charge in [0.25, 0.3) is 0 Å². The highest BCUT2D eigenvalue weighted by atomic mass is 32.1. The van der Waals surface area contributed by atoms with Crippen molar-refractivity contribution >= 4 is 11.3 Å². The Morgan fingerprint density at radius 1 is 1.21 bits per heavy atom. The van der Waals surface area contributed by atoms with Gasteiger partial charge in [0.2, 0.25) is 0 Å². The van der Waals surface area contributed by atoms with Gasteiger partial charge in [0.15, 0.2) is 0 Å². The highest BCUT2D eigenvalue weighted by molar-refractivity contribution is 7.12. The van der Waals surface area contributed by atoms with Crippen LogP contribution in [0.15, 0.2) is 30.3 Å². The standard InChI is InChI=1S/C15H18FNOS/c1-9-4-6-12(8-13(9)16)18-15(11(3)17)14-7-5-10(2)19-14/h4-8,11,15H,17H2,1-3H3. The van der Waals surface area contributed by atoms with E-state index in [4.69, 9.17) is 10.5 Å². The van der Waals surface area contributed by atoms with E-state index >= 15 is 0 Å². The summed E-state index contributed by atoms with van der Waals surface area (Å²) in [4.78, 5) is 2.27. The number of benzene rings is 1. The molecule has 2 rings (SSSR count). The van der Waals surface area contributed by atoms with Gasteiger partial charge in [-0.25, -0.2) is 4.39 Å². The van der Waals surface area contributed by atoms with Gasteiger partial charge < -0.3 is 10.5 Å². The van der Waals surface area contributed by atoms with Crippen LogP contribution < -0.4 is 10.5 Å². The molecule has 0 aliphatic carbocycles. The molecule has 0 saturated carbocycles. The summed E-state index contributed by atoms with van der Waals surface area (Å²) in [5.74, 6) is 0.250. The summed E-state index contributed by atoms with van der Waals surface area (Å²) in [6, 6.07) is 8.78. The van der Waals surface area contributed by atoms with Crippen molar-refractivity contribution in [1.82, 2.24) is 0 Å². The van der Waals surface area contributed by atoms with Crippen molar-refractivity contribution in [3.63, 3.8) is 0 Å². The Bertz CT molecular complexity index is 565. The van der Waals surface area contributed by atoms with Crippen LogP contribution in [0.3, 0.4) is 0 Å². The molecule has 0 spiro atoms. The molecule has 0 saturated heterocycles. The van der Waals surface area contributed by atoms with E-state index in [1.54, 1.807) is 30.4 Å². The first-order chi connectivity index (χ1) is 8.97. The zero-order valence-corrected chi connectivity index (χ0v) is 12.1. The Kier molecular flexibility index (Phi) is 4.22. The predicted octanol–water partition coefficient (Wildman–Crippen LogP) is 3.97. The maximum absolute atomic E-state index is 13.5. The van der Waals surface area contributed by atoms with Gasteiger partial charge in [0.05, 0.1) is 0 Å². The van der Waals surface area contributed by atoms with Gasteiger partial charge in [-0.05, 0) is 44.5 Å². The molecular formula is C15H18FNOS. The summed E-state index contributed by atoms with van der Waals surface area (Å²) in [5.41, 5.74) is 6.59. The molecule has 0 bridgehead atoms. The van der Waals surface area contributed by atoms with Crippen LogP contribution in [0.25, 0.3) is 0 Å². The van der Waals surface area contributed by atoms with E-state index in [1.165, 1.54) is 10.9 Å². The number of aryl methyl sites for hydroxylation is 2. The lowest BCUT2D eigenvalue weighted by molar-refractivity contribution is 0.183. The minimum Gasteiger partial charge on any atom is -0.483 e. The van der Waals surface area contributed by atoms with E-state index in [9.17, 15) is 4.39 Å². The summed E-state index contributed by atoms with van der Waals surface area (Å²) >= 11 is 1.65. The van der Waals surface area contributed by atoms with Gasteiger partial charge in [-0.15, -0.1) is 11.3 Å². The van der Waals surface area contributed by atoms with Crippen molar-refractivity contribution in [2.24, 2.45) is 5.73 Å². The number of thiophene rings is 1. The van der Waals surface area contributed by atoms with Gasteiger partial charge >= 0.3 is 0 Å². The van der Waals surface area contributed by atoms with E-state index in [1.807, 2.05) is 26.0 Å². The van der Waals surface area contributed by atoms with Crippen molar-refractivity contribution in [3.8, 4) is 5.75 Å². The summed E-state index contributed by atoms with van der Waals surface area (Å²) < 4.78 is 19.4. The normalized spacial score (nSPS) is 14.2. The molecule has 1 aromatic carbocycles. The molecule has 0 radical (unpaired) electrons. The highest BCUT2D eigenvalue weighted by Crippen LogP contribution is 2.30. The lowest BCUT2D eigenvalue weighted by Gasteiger charge is -2.21. The first-order valence-corrected chi connectivity index (χ1v) is 7.03. The van der Waals surface area contributed by atoms with E-state index in [2.05, 4.69) is 0 Å². The highest BCUT2D eigenvalue weighted by Gasteiger charge is 2.20. The van der Waals surface area contributed by atoms with Crippen LogP contribution in [0, 0.1) is 19.7 Å². The second-order valence-corrected chi connectivity index (χ2v) is 6.08. The number of ether oxygens (including phenoxy) is 1. The fourth-order valence-corrected chi connectivity index (χ4v) is 2.85. The molecule has 19 heavy (non-hydrogen) atoms. The van der Waals surface area contributed by atoms with Crippen molar-refractivity contribution in [2.75, 3.05) is 0 Å². The van der Waals surface area contributed by atoms with Gasteiger partial charge in [-0.2, -0.15) is 0 Å². The molecule has 1 aromatic heterocycles. The Morgan fingerprint density at radius 2 is 1.95 bits per heavy atom. The van der Waals surface area contributed by atoms with Crippen molar-refractivity contribution < 1.29 is 9.13 Å². The van der Waals surface area contributed by atoms with Crippen LogP contribution in [-0.4, -0.2) is 6.04 Å². The third-order valence-electron chi connectivity index (χ3n) is 2.93. The summed E-state index contributed by atoms with van der Waals surface area (Å²) in [5, 5.41) is 0. The number of hydrogen-bond acceptors (Lipinski definition) is 3. The molecule has 0 aliphatic heterocycles. The second kappa shape index (κ2) is 5.72. The molecule has 0 fully saturated rings. The number of nitrogens with two attached hydrogens (primary N) is 1. The minimum atomic E-state index is -0.261. The maximum atomic E-state index is 13.5. The van der Waals surface area contributed by atoms with E-state index in [0.717, 1.165) is 4.88 Å². The number of rotatable bonds is 4. The summed E-state index contributed by atoms with van der Waals surface area (Å²) in [7, 11) is 0. The maximum Gasteiger partial charge on any atom is 0.148 e. The topological polar surface area (TPSA) is 35.2 Å². The summed E-state index contributed by atoms with van der Waals surface area (Å²) in [6.07, 6.45) is -0.249. The van der Waals surface area contributed by atoms with Gasteiger partial charge in [-0.3, -0.25) is 0 Å². The lowest BCUT2D eigenvalue weighted by Crippen LogP contribution is -2.28. The van der Waals surface area contributed by atoms with Crippen LogP contribution in [0.5, 0.6) is 5.75 Å². The van der Waals surface area contributed by atoms with Gasteiger partial charge in [0.1, 0.15) is 17.7 Å². The van der Waals surface area contributed by atoms with Crippen LogP contribution in [0.2, 0.25) is 0 Å². The van der Waals surface area contributed by atoms with Crippen molar-refractivity contribution in [2.45, 2.75) is 32.9 Å². The van der Waals surface area contributed by atoms with E-state index in [0.29, 0.717) is 11.3 Å². The molecular weight excluding hydrogens is 261 g/mol. The Balaban J connectivity index is 2.23. The molecule has 0 amide bonds. The van der Waals surface area contributed by atoms with Crippen LogP contribution in [0.4, 0.5) is 4.39 Å². The largest absolute Gasteiger partial charge is 0.483 e. The minimum absolute atomic E-state index is 0.164. The fourth-order valence-electron chi connectivity index (χ4n) is 1.82. The second-order valence-electron chi connectivity index (χ2n) is 4.76. The van der Waals surface area contributed by atoms with Crippen molar-refractivity contribution in [3.05, 3.63) is 51.5 Å². The van der Waals surface area contributed by atoms with Crippen molar-refractivity contribution in [1.29, 1.82) is 0 Å². The number of halogens is 1. The molecule has 2 N–H and O–H groups in total. The molecule has 0 aliphatic rings. The zero-order valence-electron chi connectivity index (χ0n) is 11.3. The van der Waals surface area contributed by atoms with E-state index < -0.39 is 0 Å². The molecule has 1 heterocycles. The van der Waals surface area contributed by atoms with E-state index in [-0.39, 0.29) is 18.0 Å². The SMILES string of the molecule is Cc1ccc(C(Oc2ccc(C)c(F)c2)C(C)N)s1. The quantitative estimate of drug-likeness (QED) is 0.919. The molecule has 2 atom stereocenters. The molecule has 2 nitrogen and oxygen atoms in total. The fraction of sp³-hybridized carbons (Fsp3) is 0.333. The molecule has 2 aromatic rings. The Hall–Kier alpha value is -1.39. The monoisotopic (exact) mass is 279 g/mol. The smallest absolute Gasteiger partial charge is 0.148 e. The van der Waals surface area contributed by atoms with Gasteiger partial charge in [-0.1, -0.05) is 6.07 Å². The first kappa shape index (κ1) is 14.0. The Morgan fingerprint density at radius 3 is 2.47 bits per heavy atom. The third kappa shape index (κ3) is 3.33. The molecule has 4 heteroatoms. The predicted molar refractivity (Wildman–Crippen MR) is 77.2 cm³/mol.